The van der Waals surface area contributed by atoms with Crippen molar-refractivity contribution in [3.63, 3.8) is 0 Å². The highest BCUT2D eigenvalue weighted by molar-refractivity contribution is 6.31. The van der Waals surface area contributed by atoms with E-state index in [2.05, 4.69) is 32.4 Å². The number of hydrogen-bond donors (Lipinski definition) is 2. The molecule has 1 aliphatic rings. The molecule has 176 valence electrons. The maximum atomic E-state index is 12.4. The van der Waals surface area contributed by atoms with Gasteiger partial charge in [0, 0.05) is 30.7 Å². The Kier molecular flexibility index (Phi) is 9.39. The van der Waals surface area contributed by atoms with E-state index < -0.39 is 0 Å². The van der Waals surface area contributed by atoms with Crippen LogP contribution in [0.2, 0.25) is 5.02 Å². The number of morpholine rings is 1. The molecule has 0 aliphatic carbocycles. The van der Waals surface area contributed by atoms with E-state index in [0.717, 1.165) is 51.4 Å². The summed E-state index contributed by atoms with van der Waals surface area (Å²) in [5, 5.41) is 15.7. The Bertz CT molecular complexity index is 973. The molecule has 0 bridgehead atoms. The quantitative estimate of drug-likeness (QED) is 0.540. The third kappa shape index (κ3) is 7.65. The maximum absolute atomic E-state index is 12.4. The minimum absolute atomic E-state index is 0.0200. The van der Waals surface area contributed by atoms with Gasteiger partial charge in [-0.3, -0.25) is 14.7 Å². The zero-order valence-corrected chi connectivity index (χ0v) is 19.7. The average Bonchev–Trinajstić information content (AvgIpc) is 2.81. The Balaban J connectivity index is 1.53. The molecule has 10 heteroatoms. The van der Waals surface area contributed by atoms with Crippen LogP contribution in [0.3, 0.4) is 0 Å². The predicted octanol–water partition coefficient (Wildman–Crippen LogP) is 2.04. The molecule has 33 heavy (non-hydrogen) atoms. The van der Waals surface area contributed by atoms with Gasteiger partial charge in [-0.25, -0.2) is 4.98 Å². The molecule has 9 nitrogen and oxygen atoms in total. The molecule has 2 heterocycles. The smallest absolute Gasteiger partial charge is 0.230 e. The number of carbonyl (C=O) groups is 1. The van der Waals surface area contributed by atoms with Crippen LogP contribution < -0.4 is 15.4 Å². The molecule has 1 aliphatic heterocycles. The third-order valence-corrected chi connectivity index (χ3v) is 5.68. The Morgan fingerprint density at radius 1 is 1.33 bits per heavy atom. The highest BCUT2D eigenvalue weighted by Gasteiger charge is 2.15. The molecular formula is C23H29ClN6O3. The number of nitrogens with one attached hydrogen (secondary N) is 2. The second-order valence-corrected chi connectivity index (χ2v) is 8.30. The monoisotopic (exact) mass is 472 g/mol. The number of anilines is 1. The number of rotatable bonds is 10. The number of amides is 1. The minimum Gasteiger partial charge on any atom is -0.495 e. The number of hydrogen-bond acceptors (Lipinski definition) is 8. The fourth-order valence-corrected chi connectivity index (χ4v) is 3.86. The van der Waals surface area contributed by atoms with Gasteiger partial charge in [0.1, 0.15) is 11.8 Å². The summed E-state index contributed by atoms with van der Waals surface area (Å²) >= 11 is 6.50. The van der Waals surface area contributed by atoms with Crippen molar-refractivity contribution in [2.45, 2.75) is 25.8 Å². The Hall–Kier alpha value is -2.77. The zero-order valence-electron chi connectivity index (χ0n) is 18.9. The van der Waals surface area contributed by atoms with E-state index in [9.17, 15) is 4.79 Å². The fraction of sp³-hybridized carbons (Fsp3) is 0.478. The summed E-state index contributed by atoms with van der Waals surface area (Å²) in [4.78, 5) is 22.8. The van der Waals surface area contributed by atoms with Crippen molar-refractivity contribution in [3.8, 4) is 11.8 Å². The first-order chi connectivity index (χ1) is 16.0. The second kappa shape index (κ2) is 12.5. The van der Waals surface area contributed by atoms with Gasteiger partial charge in [0.15, 0.2) is 5.69 Å². The summed E-state index contributed by atoms with van der Waals surface area (Å²) in [6, 6.07) is 5.81. The van der Waals surface area contributed by atoms with E-state index in [4.69, 9.17) is 26.3 Å². The van der Waals surface area contributed by atoms with E-state index in [1.807, 2.05) is 12.1 Å². The SMILES string of the molecule is COc1cc(CCN[C@H](C)CN2CCOCC2)c(Cl)cc1NC(=O)Cc1cnc(C#N)cn1. The normalized spacial score (nSPS) is 15.0. The Morgan fingerprint density at radius 3 is 2.79 bits per heavy atom. The molecule has 2 N–H and O–H groups in total. The van der Waals surface area contributed by atoms with E-state index in [1.54, 1.807) is 13.2 Å². The van der Waals surface area contributed by atoms with Crippen LogP contribution in [0.1, 0.15) is 23.9 Å². The highest BCUT2D eigenvalue weighted by atomic mass is 35.5. The standard InChI is InChI=1S/C23H29ClN6O3/c1-16(15-30-5-7-33-8-6-30)26-4-3-17-9-22(32-2)21(11-20(17)24)29-23(31)10-18-13-28-19(12-25)14-27-18/h9,11,13-14,16,26H,3-8,10,15H2,1-2H3,(H,29,31)/t16-/m1/s1. The number of nitrogens with zero attached hydrogens (tertiary/aromatic N) is 4. The lowest BCUT2D eigenvalue weighted by atomic mass is 10.1. The van der Waals surface area contributed by atoms with Crippen molar-refractivity contribution in [2.75, 3.05) is 51.8 Å². The molecule has 0 saturated carbocycles. The lowest BCUT2D eigenvalue weighted by Gasteiger charge is -2.29. The molecular weight excluding hydrogens is 444 g/mol. The van der Waals surface area contributed by atoms with Crippen molar-refractivity contribution >= 4 is 23.2 Å². The van der Waals surface area contributed by atoms with E-state index >= 15 is 0 Å². The van der Waals surface area contributed by atoms with Crippen molar-refractivity contribution in [1.82, 2.24) is 20.2 Å². The van der Waals surface area contributed by atoms with Crippen LogP contribution in [0.5, 0.6) is 5.75 Å². The van der Waals surface area contributed by atoms with E-state index in [-0.39, 0.29) is 18.0 Å². The molecule has 0 spiro atoms. The van der Waals surface area contributed by atoms with Crippen molar-refractivity contribution in [3.05, 3.63) is 46.5 Å². The maximum Gasteiger partial charge on any atom is 0.230 e. The first kappa shape index (κ1) is 24.9. The third-order valence-electron chi connectivity index (χ3n) is 5.33. The molecule has 1 aromatic heterocycles. The molecule has 1 saturated heterocycles. The topological polar surface area (TPSA) is 112 Å². The fourth-order valence-electron chi connectivity index (χ4n) is 3.61. The van der Waals surface area contributed by atoms with Gasteiger partial charge in [-0.15, -0.1) is 0 Å². The van der Waals surface area contributed by atoms with Gasteiger partial charge < -0.3 is 20.1 Å². The highest BCUT2D eigenvalue weighted by Crippen LogP contribution is 2.31. The van der Waals surface area contributed by atoms with Gasteiger partial charge in [0.2, 0.25) is 5.91 Å². The molecule has 1 atom stereocenters. The first-order valence-corrected chi connectivity index (χ1v) is 11.3. The zero-order chi connectivity index (χ0) is 23.6. The number of aromatic nitrogens is 2. The molecule has 1 fully saturated rings. The van der Waals surface area contributed by atoms with Crippen LogP contribution in [0, 0.1) is 11.3 Å². The number of carbonyl (C=O) groups excluding carboxylic acids is 1. The summed E-state index contributed by atoms with van der Waals surface area (Å²) in [7, 11) is 1.55. The minimum atomic E-state index is -0.283. The first-order valence-electron chi connectivity index (χ1n) is 10.9. The summed E-state index contributed by atoms with van der Waals surface area (Å²) in [6.07, 6.45) is 3.51. The van der Waals surface area contributed by atoms with Crippen LogP contribution in [0.4, 0.5) is 5.69 Å². The summed E-state index contributed by atoms with van der Waals surface area (Å²) in [6.45, 7) is 7.47. The van der Waals surface area contributed by atoms with Crippen molar-refractivity contribution in [2.24, 2.45) is 0 Å². The Morgan fingerprint density at radius 2 is 2.12 bits per heavy atom. The van der Waals surface area contributed by atoms with Crippen molar-refractivity contribution < 1.29 is 14.3 Å². The van der Waals surface area contributed by atoms with E-state index in [1.165, 1.54) is 12.4 Å². The average molecular weight is 473 g/mol. The van der Waals surface area contributed by atoms with Crippen LogP contribution in [-0.4, -0.2) is 73.3 Å². The number of ether oxygens (including phenoxy) is 2. The van der Waals surface area contributed by atoms with Gasteiger partial charge in [-0.05, 0) is 37.6 Å². The van der Waals surface area contributed by atoms with E-state index in [0.29, 0.717) is 28.2 Å². The number of nitriles is 1. The van der Waals surface area contributed by atoms with Crippen LogP contribution in [0.15, 0.2) is 24.5 Å². The predicted molar refractivity (Wildman–Crippen MR) is 126 cm³/mol. The lowest BCUT2D eigenvalue weighted by Crippen LogP contribution is -2.44. The van der Waals surface area contributed by atoms with Gasteiger partial charge >= 0.3 is 0 Å². The van der Waals surface area contributed by atoms with Gasteiger partial charge in [0.05, 0.1) is 50.5 Å². The summed E-state index contributed by atoms with van der Waals surface area (Å²) in [5.74, 6) is 0.254. The molecule has 0 unspecified atom stereocenters. The Labute approximate surface area is 199 Å². The van der Waals surface area contributed by atoms with Gasteiger partial charge in [-0.1, -0.05) is 11.6 Å². The molecule has 3 rings (SSSR count). The molecule has 1 amide bonds. The number of halogens is 1. The van der Waals surface area contributed by atoms with Crippen LogP contribution in [0.25, 0.3) is 0 Å². The lowest BCUT2D eigenvalue weighted by molar-refractivity contribution is -0.115. The summed E-state index contributed by atoms with van der Waals surface area (Å²) < 4.78 is 10.9. The largest absolute Gasteiger partial charge is 0.495 e. The second-order valence-electron chi connectivity index (χ2n) is 7.89. The molecule has 0 radical (unpaired) electrons. The summed E-state index contributed by atoms with van der Waals surface area (Å²) in [5.41, 5.74) is 2.10. The van der Waals surface area contributed by atoms with Gasteiger partial charge in [-0.2, -0.15) is 5.26 Å². The molecule has 2 aromatic rings. The number of methoxy groups -OCH3 is 1. The molecule has 1 aromatic carbocycles. The van der Waals surface area contributed by atoms with Gasteiger partial charge in [0.25, 0.3) is 0 Å². The van der Waals surface area contributed by atoms with Crippen LogP contribution >= 0.6 is 11.6 Å². The van der Waals surface area contributed by atoms with Crippen molar-refractivity contribution in [1.29, 1.82) is 5.26 Å². The number of benzene rings is 1. The van der Waals surface area contributed by atoms with Crippen LogP contribution in [-0.2, 0) is 22.4 Å².